The quantitative estimate of drug-likeness (QED) is 0.888. The molecule has 2 N–H and O–H groups in total. The summed E-state index contributed by atoms with van der Waals surface area (Å²) >= 11 is 0. The lowest BCUT2D eigenvalue weighted by molar-refractivity contribution is 0.158. The minimum atomic E-state index is 0.0797. The lowest BCUT2D eigenvalue weighted by Gasteiger charge is -2.33. The summed E-state index contributed by atoms with van der Waals surface area (Å²) in [6.07, 6.45) is 7.92. The van der Waals surface area contributed by atoms with Crippen LogP contribution in [-0.2, 0) is 6.54 Å². The minimum Gasteiger partial charge on any atom is -0.332 e. The highest BCUT2D eigenvalue weighted by Gasteiger charge is 2.20. The first-order valence-corrected chi connectivity index (χ1v) is 7.59. The minimum absolute atomic E-state index is 0.0797. The van der Waals surface area contributed by atoms with Crippen molar-refractivity contribution in [2.45, 2.75) is 58.7 Å². The Morgan fingerprint density at radius 1 is 1.21 bits per heavy atom. The summed E-state index contributed by atoms with van der Waals surface area (Å²) in [4.78, 5) is 6.88. The van der Waals surface area contributed by atoms with E-state index in [1.54, 1.807) is 0 Å². The monoisotopic (exact) mass is 264 g/mol. The van der Waals surface area contributed by atoms with Crippen molar-refractivity contribution in [2.75, 3.05) is 13.1 Å². The third-order valence-corrected chi connectivity index (χ3v) is 4.28. The molecule has 2 rings (SSSR count). The highest BCUT2D eigenvalue weighted by atomic mass is 15.2. The Balaban J connectivity index is 2.00. The Morgan fingerprint density at radius 2 is 1.89 bits per heavy atom. The second kappa shape index (κ2) is 6.53. The summed E-state index contributed by atoms with van der Waals surface area (Å²) < 4.78 is 2.24. The third-order valence-electron chi connectivity index (χ3n) is 4.28. The second-order valence-corrected chi connectivity index (χ2v) is 6.19. The number of hydrogen-bond donors (Lipinski definition) is 1. The number of piperidine rings is 1. The maximum absolute atomic E-state index is 6.26. The van der Waals surface area contributed by atoms with Gasteiger partial charge < -0.3 is 10.3 Å². The molecule has 0 saturated carbocycles. The van der Waals surface area contributed by atoms with Crippen molar-refractivity contribution < 1.29 is 0 Å². The molecule has 19 heavy (non-hydrogen) atoms. The lowest BCUT2D eigenvalue weighted by Crippen LogP contribution is -2.40. The van der Waals surface area contributed by atoms with Gasteiger partial charge in [0, 0.05) is 24.8 Å². The lowest BCUT2D eigenvalue weighted by atomic mass is 10.0. The first kappa shape index (κ1) is 14.5. The van der Waals surface area contributed by atoms with Gasteiger partial charge in [0.25, 0.3) is 0 Å². The SMILES string of the molecule is CC(C)C(N)c1cncn1CC(C)N1CCCCC1. The topological polar surface area (TPSA) is 47.1 Å². The third kappa shape index (κ3) is 3.57. The molecule has 1 fully saturated rings. The summed E-state index contributed by atoms with van der Waals surface area (Å²) in [5.74, 6) is 0.445. The van der Waals surface area contributed by atoms with E-state index in [2.05, 4.69) is 35.2 Å². The van der Waals surface area contributed by atoms with Crippen molar-refractivity contribution in [3.63, 3.8) is 0 Å². The first-order chi connectivity index (χ1) is 9.09. The van der Waals surface area contributed by atoms with Gasteiger partial charge in [0.15, 0.2) is 0 Å². The van der Waals surface area contributed by atoms with Crippen LogP contribution in [-0.4, -0.2) is 33.6 Å². The molecule has 0 spiro atoms. The van der Waals surface area contributed by atoms with Crippen molar-refractivity contribution in [3.8, 4) is 0 Å². The Morgan fingerprint density at radius 3 is 2.53 bits per heavy atom. The van der Waals surface area contributed by atoms with Crippen LogP contribution in [0, 0.1) is 5.92 Å². The number of rotatable bonds is 5. The van der Waals surface area contributed by atoms with Crippen LogP contribution in [0.25, 0.3) is 0 Å². The predicted molar refractivity (Wildman–Crippen MR) is 78.9 cm³/mol. The van der Waals surface area contributed by atoms with Gasteiger partial charge in [0.2, 0.25) is 0 Å². The van der Waals surface area contributed by atoms with Gasteiger partial charge in [-0.3, -0.25) is 4.90 Å². The van der Waals surface area contributed by atoms with Crippen LogP contribution in [0.1, 0.15) is 51.8 Å². The molecule has 4 nitrogen and oxygen atoms in total. The molecule has 0 radical (unpaired) electrons. The molecule has 2 unspecified atom stereocenters. The molecule has 0 aromatic carbocycles. The number of imidazole rings is 1. The smallest absolute Gasteiger partial charge is 0.0949 e. The predicted octanol–water partition coefficient (Wildman–Crippen LogP) is 2.41. The van der Waals surface area contributed by atoms with Gasteiger partial charge in [-0.2, -0.15) is 0 Å². The van der Waals surface area contributed by atoms with Crippen LogP contribution in [0.15, 0.2) is 12.5 Å². The molecule has 1 aromatic rings. The van der Waals surface area contributed by atoms with Crippen LogP contribution >= 0.6 is 0 Å². The van der Waals surface area contributed by atoms with Crippen LogP contribution in [0.3, 0.4) is 0 Å². The van der Waals surface area contributed by atoms with E-state index >= 15 is 0 Å². The zero-order valence-corrected chi connectivity index (χ0v) is 12.5. The molecule has 108 valence electrons. The molecule has 1 aromatic heterocycles. The van der Waals surface area contributed by atoms with Crippen LogP contribution in [0.2, 0.25) is 0 Å². The first-order valence-electron chi connectivity index (χ1n) is 7.59. The molecule has 1 saturated heterocycles. The van der Waals surface area contributed by atoms with Crippen molar-refractivity contribution in [2.24, 2.45) is 11.7 Å². The van der Waals surface area contributed by atoms with E-state index in [1.807, 2.05) is 12.5 Å². The van der Waals surface area contributed by atoms with Gasteiger partial charge in [0.05, 0.1) is 12.0 Å². The fourth-order valence-electron chi connectivity index (χ4n) is 2.86. The summed E-state index contributed by atoms with van der Waals surface area (Å²) in [7, 11) is 0. The van der Waals surface area contributed by atoms with Gasteiger partial charge in [-0.05, 0) is 38.8 Å². The zero-order valence-electron chi connectivity index (χ0n) is 12.5. The molecule has 1 aliphatic rings. The van der Waals surface area contributed by atoms with E-state index in [4.69, 9.17) is 5.73 Å². The maximum Gasteiger partial charge on any atom is 0.0949 e. The summed E-state index contributed by atoms with van der Waals surface area (Å²) in [6.45, 7) is 10.1. The number of nitrogens with two attached hydrogens (primary N) is 1. The molecule has 2 atom stereocenters. The summed E-state index contributed by atoms with van der Waals surface area (Å²) in [5, 5.41) is 0. The average molecular weight is 264 g/mol. The highest BCUT2D eigenvalue weighted by Crippen LogP contribution is 2.20. The number of aromatic nitrogens is 2. The molecule has 4 heteroatoms. The Kier molecular flexibility index (Phi) is 4.99. The Labute approximate surface area is 117 Å². The molecule has 1 aliphatic heterocycles. The standard InChI is InChI=1S/C15H28N4/c1-12(2)15(16)14-9-17-11-19(14)10-13(3)18-7-5-4-6-8-18/h9,11-13,15H,4-8,10,16H2,1-3H3. The normalized spacial score (nSPS) is 20.7. The molecule has 0 bridgehead atoms. The van der Waals surface area contributed by atoms with Crippen LogP contribution in [0.5, 0.6) is 0 Å². The largest absolute Gasteiger partial charge is 0.332 e. The fourth-order valence-corrected chi connectivity index (χ4v) is 2.86. The van der Waals surface area contributed by atoms with E-state index in [9.17, 15) is 0 Å². The number of hydrogen-bond acceptors (Lipinski definition) is 3. The second-order valence-electron chi connectivity index (χ2n) is 6.19. The van der Waals surface area contributed by atoms with E-state index < -0.39 is 0 Å². The molecule has 0 amide bonds. The molecule has 2 heterocycles. The Hall–Kier alpha value is -0.870. The van der Waals surface area contributed by atoms with E-state index in [1.165, 1.54) is 38.0 Å². The van der Waals surface area contributed by atoms with Crippen molar-refractivity contribution >= 4 is 0 Å². The van der Waals surface area contributed by atoms with Crippen LogP contribution < -0.4 is 5.73 Å². The van der Waals surface area contributed by atoms with Gasteiger partial charge >= 0.3 is 0 Å². The fraction of sp³-hybridized carbons (Fsp3) is 0.800. The summed E-state index contributed by atoms with van der Waals surface area (Å²) in [5.41, 5.74) is 7.43. The Bertz CT molecular complexity index is 379. The zero-order chi connectivity index (χ0) is 13.8. The average Bonchev–Trinajstić information content (AvgIpc) is 2.86. The highest BCUT2D eigenvalue weighted by molar-refractivity contribution is 5.05. The number of nitrogens with zero attached hydrogens (tertiary/aromatic N) is 3. The summed E-state index contributed by atoms with van der Waals surface area (Å²) in [6, 6.07) is 0.642. The molecule has 0 aliphatic carbocycles. The van der Waals surface area contributed by atoms with Crippen molar-refractivity contribution in [3.05, 3.63) is 18.2 Å². The van der Waals surface area contributed by atoms with Crippen LogP contribution in [0.4, 0.5) is 0 Å². The van der Waals surface area contributed by atoms with Crippen molar-refractivity contribution in [1.82, 2.24) is 14.5 Å². The van der Waals surface area contributed by atoms with Gasteiger partial charge in [-0.25, -0.2) is 4.98 Å². The van der Waals surface area contributed by atoms with Gasteiger partial charge in [-0.15, -0.1) is 0 Å². The van der Waals surface area contributed by atoms with Gasteiger partial charge in [-0.1, -0.05) is 20.3 Å². The molecular formula is C15H28N4. The van der Waals surface area contributed by atoms with Gasteiger partial charge in [0.1, 0.15) is 0 Å². The van der Waals surface area contributed by atoms with E-state index in [-0.39, 0.29) is 6.04 Å². The molecular weight excluding hydrogens is 236 g/mol. The van der Waals surface area contributed by atoms with Crippen molar-refractivity contribution in [1.29, 1.82) is 0 Å². The number of likely N-dealkylation sites (tertiary alicyclic amines) is 1. The van der Waals surface area contributed by atoms with E-state index in [0.29, 0.717) is 12.0 Å². The maximum atomic E-state index is 6.26. The van der Waals surface area contributed by atoms with E-state index in [0.717, 1.165) is 6.54 Å².